The van der Waals surface area contributed by atoms with E-state index in [0.717, 1.165) is 38.3 Å². The monoisotopic (exact) mass is 307 g/mol. The van der Waals surface area contributed by atoms with Crippen molar-refractivity contribution in [2.75, 3.05) is 51.3 Å². The predicted octanol–water partition coefficient (Wildman–Crippen LogP) is 1.51. The van der Waals surface area contributed by atoms with Crippen molar-refractivity contribution in [1.82, 2.24) is 4.90 Å². The lowest BCUT2D eigenvalue weighted by Crippen LogP contribution is -2.44. The summed E-state index contributed by atoms with van der Waals surface area (Å²) < 4.78 is 11.0. The van der Waals surface area contributed by atoms with Gasteiger partial charge in [-0.1, -0.05) is 0 Å². The molecule has 120 valence electrons. The van der Waals surface area contributed by atoms with Crippen LogP contribution < -0.4 is 9.64 Å². The van der Waals surface area contributed by atoms with Crippen molar-refractivity contribution in [3.8, 4) is 5.75 Å². The first-order chi connectivity index (χ1) is 10.6. The van der Waals surface area contributed by atoms with Gasteiger partial charge in [0.15, 0.2) is 5.75 Å². The zero-order chi connectivity index (χ0) is 15.5. The molecule has 1 atom stereocenters. The number of benzene rings is 1. The average molecular weight is 307 g/mol. The molecule has 2 saturated heterocycles. The van der Waals surface area contributed by atoms with Gasteiger partial charge in [-0.05, 0) is 19.2 Å². The Balaban J connectivity index is 1.78. The van der Waals surface area contributed by atoms with Gasteiger partial charge in [-0.3, -0.25) is 10.1 Å². The van der Waals surface area contributed by atoms with Gasteiger partial charge in [-0.15, -0.1) is 0 Å². The zero-order valence-corrected chi connectivity index (χ0v) is 12.7. The fraction of sp³-hybridized carbons (Fsp3) is 0.600. The van der Waals surface area contributed by atoms with Crippen LogP contribution in [0.3, 0.4) is 0 Å². The van der Waals surface area contributed by atoms with Gasteiger partial charge in [-0.25, -0.2) is 0 Å². The van der Waals surface area contributed by atoms with Crippen LogP contribution in [0, 0.1) is 10.1 Å². The van der Waals surface area contributed by atoms with Crippen LogP contribution in [0.5, 0.6) is 5.75 Å². The molecule has 2 aliphatic heterocycles. The third-order valence-corrected chi connectivity index (χ3v) is 4.19. The first kappa shape index (κ1) is 15.1. The van der Waals surface area contributed by atoms with Gasteiger partial charge in [0.2, 0.25) is 0 Å². The summed E-state index contributed by atoms with van der Waals surface area (Å²) in [5, 5.41) is 11.4. The molecule has 3 rings (SSSR count). The van der Waals surface area contributed by atoms with Crippen LogP contribution in [-0.2, 0) is 4.74 Å². The lowest BCUT2D eigenvalue weighted by molar-refractivity contribution is -0.386. The molecule has 7 nitrogen and oxygen atoms in total. The molecule has 0 radical (unpaired) electrons. The molecular weight excluding hydrogens is 286 g/mol. The molecule has 1 unspecified atom stereocenters. The first-order valence-electron chi connectivity index (χ1n) is 7.60. The Morgan fingerprint density at radius 3 is 2.73 bits per heavy atom. The highest BCUT2D eigenvalue weighted by atomic mass is 16.6. The molecule has 0 amide bonds. The SMILES string of the molecule is CN1CCN(c2ccc(OC3CCOC3)c([N+](=O)[O-])c2)CC1. The van der Waals surface area contributed by atoms with E-state index in [1.807, 2.05) is 6.07 Å². The van der Waals surface area contributed by atoms with Crippen LogP contribution in [0.25, 0.3) is 0 Å². The minimum Gasteiger partial charge on any atom is -0.481 e. The number of hydrogen-bond donors (Lipinski definition) is 0. The second-order valence-corrected chi connectivity index (χ2v) is 5.80. The summed E-state index contributed by atoms with van der Waals surface area (Å²) in [6, 6.07) is 5.24. The van der Waals surface area contributed by atoms with Gasteiger partial charge in [0.1, 0.15) is 6.10 Å². The van der Waals surface area contributed by atoms with Gasteiger partial charge in [0, 0.05) is 44.4 Å². The van der Waals surface area contributed by atoms with E-state index in [9.17, 15) is 10.1 Å². The van der Waals surface area contributed by atoms with Crippen LogP contribution in [0.4, 0.5) is 11.4 Å². The van der Waals surface area contributed by atoms with Crippen molar-refractivity contribution in [2.45, 2.75) is 12.5 Å². The molecule has 2 aliphatic rings. The number of likely N-dealkylation sites (N-methyl/N-ethyl adjacent to an activating group) is 1. The third-order valence-electron chi connectivity index (χ3n) is 4.19. The van der Waals surface area contributed by atoms with Crippen molar-refractivity contribution < 1.29 is 14.4 Å². The minimum absolute atomic E-state index is 0.0309. The number of nitrogens with zero attached hydrogens (tertiary/aromatic N) is 3. The van der Waals surface area contributed by atoms with Crippen molar-refractivity contribution in [3.05, 3.63) is 28.3 Å². The Labute approximate surface area is 129 Å². The Bertz CT molecular complexity index is 538. The van der Waals surface area contributed by atoms with Crippen LogP contribution >= 0.6 is 0 Å². The molecule has 22 heavy (non-hydrogen) atoms. The fourth-order valence-electron chi connectivity index (χ4n) is 2.79. The molecule has 2 heterocycles. The van der Waals surface area contributed by atoms with Gasteiger partial charge in [0.05, 0.1) is 18.1 Å². The van der Waals surface area contributed by atoms with Crippen molar-refractivity contribution in [3.63, 3.8) is 0 Å². The molecule has 0 aliphatic carbocycles. The number of hydrogen-bond acceptors (Lipinski definition) is 6. The molecule has 0 aromatic heterocycles. The Hall–Kier alpha value is -1.86. The number of piperazine rings is 1. The smallest absolute Gasteiger partial charge is 0.312 e. The van der Waals surface area contributed by atoms with E-state index in [2.05, 4.69) is 16.8 Å². The summed E-state index contributed by atoms with van der Waals surface area (Å²) in [4.78, 5) is 15.4. The van der Waals surface area contributed by atoms with Crippen LogP contribution in [0.15, 0.2) is 18.2 Å². The molecule has 1 aromatic rings. The third kappa shape index (κ3) is 3.31. The summed E-state index contributed by atoms with van der Waals surface area (Å²) in [7, 11) is 2.08. The highest BCUT2D eigenvalue weighted by Crippen LogP contribution is 2.33. The predicted molar refractivity (Wildman–Crippen MR) is 82.7 cm³/mol. The van der Waals surface area contributed by atoms with Crippen LogP contribution in [-0.4, -0.2) is 62.4 Å². The summed E-state index contributed by atoms with van der Waals surface area (Å²) in [5.41, 5.74) is 0.915. The Morgan fingerprint density at radius 2 is 2.09 bits per heavy atom. The van der Waals surface area contributed by atoms with Gasteiger partial charge in [-0.2, -0.15) is 0 Å². The largest absolute Gasteiger partial charge is 0.481 e. The molecule has 2 fully saturated rings. The molecule has 0 spiro atoms. The molecule has 0 N–H and O–H groups in total. The lowest BCUT2D eigenvalue weighted by Gasteiger charge is -2.34. The summed E-state index contributed by atoms with van der Waals surface area (Å²) in [6.45, 7) is 4.83. The second-order valence-electron chi connectivity index (χ2n) is 5.80. The average Bonchev–Trinajstić information content (AvgIpc) is 3.01. The standard InChI is InChI=1S/C15H21N3O4/c1-16-5-7-17(8-6-16)12-2-3-15(14(10-12)18(19)20)22-13-4-9-21-11-13/h2-3,10,13H,4-9,11H2,1H3. The molecule has 7 heteroatoms. The minimum atomic E-state index is -0.370. The normalized spacial score (nSPS) is 22.8. The fourth-order valence-corrected chi connectivity index (χ4v) is 2.79. The summed E-state index contributed by atoms with van der Waals surface area (Å²) in [6.07, 6.45) is 0.686. The van der Waals surface area contributed by atoms with Crippen molar-refractivity contribution >= 4 is 11.4 Å². The quantitative estimate of drug-likeness (QED) is 0.620. The zero-order valence-electron chi connectivity index (χ0n) is 12.7. The molecule has 0 bridgehead atoms. The van der Waals surface area contributed by atoms with E-state index >= 15 is 0 Å². The highest BCUT2D eigenvalue weighted by molar-refractivity contribution is 5.60. The van der Waals surface area contributed by atoms with E-state index in [1.165, 1.54) is 0 Å². The van der Waals surface area contributed by atoms with Gasteiger partial charge < -0.3 is 19.3 Å². The number of ether oxygens (including phenoxy) is 2. The second kappa shape index (κ2) is 6.50. The van der Waals surface area contributed by atoms with E-state index in [-0.39, 0.29) is 16.7 Å². The maximum atomic E-state index is 11.4. The molecule has 0 saturated carbocycles. The van der Waals surface area contributed by atoms with E-state index < -0.39 is 0 Å². The van der Waals surface area contributed by atoms with Gasteiger partial charge >= 0.3 is 5.69 Å². The maximum absolute atomic E-state index is 11.4. The molecule has 1 aromatic carbocycles. The molecular formula is C15H21N3O4. The number of anilines is 1. The lowest BCUT2D eigenvalue weighted by atomic mass is 10.2. The first-order valence-corrected chi connectivity index (χ1v) is 7.60. The maximum Gasteiger partial charge on any atom is 0.312 e. The number of rotatable bonds is 4. The van der Waals surface area contributed by atoms with Crippen molar-refractivity contribution in [1.29, 1.82) is 0 Å². The summed E-state index contributed by atoms with van der Waals surface area (Å²) >= 11 is 0. The Morgan fingerprint density at radius 1 is 1.32 bits per heavy atom. The van der Waals surface area contributed by atoms with Crippen molar-refractivity contribution in [2.24, 2.45) is 0 Å². The highest BCUT2D eigenvalue weighted by Gasteiger charge is 2.24. The Kier molecular flexibility index (Phi) is 4.44. The van der Waals surface area contributed by atoms with E-state index in [0.29, 0.717) is 19.0 Å². The number of nitro groups is 1. The number of nitro benzene ring substituents is 1. The van der Waals surface area contributed by atoms with Crippen LogP contribution in [0.2, 0.25) is 0 Å². The topological polar surface area (TPSA) is 68.1 Å². The summed E-state index contributed by atoms with van der Waals surface area (Å²) in [5.74, 6) is 0.332. The van der Waals surface area contributed by atoms with Crippen LogP contribution in [0.1, 0.15) is 6.42 Å². The van der Waals surface area contributed by atoms with E-state index in [1.54, 1.807) is 12.1 Å². The van der Waals surface area contributed by atoms with E-state index in [4.69, 9.17) is 9.47 Å². The van der Waals surface area contributed by atoms with Gasteiger partial charge in [0.25, 0.3) is 0 Å².